The Morgan fingerprint density at radius 1 is 1.33 bits per heavy atom. The summed E-state index contributed by atoms with van der Waals surface area (Å²) in [6.07, 6.45) is 3.89. The molecule has 2 aliphatic rings. The summed E-state index contributed by atoms with van der Waals surface area (Å²) in [5.74, 6) is 0.750. The lowest BCUT2D eigenvalue weighted by Crippen LogP contribution is -2.35. The van der Waals surface area contributed by atoms with Crippen LogP contribution in [0.25, 0.3) is 0 Å². The first-order valence-corrected chi connectivity index (χ1v) is 7.35. The van der Waals surface area contributed by atoms with Crippen LogP contribution in [0.5, 0.6) is 0 Å². The van der Waals surface area contributed by atoms with E-state index in [0.29, 0.717) is 0 Å². The molecule has 1 fully saturated rings. The molecule has 1 N–H and O–H groups in total. The Labute approximate surface area is 110 Å². The lowest BCUT2D eigenvalue weighted by Gasteiger charge is -2.33. The van der Waals surface area contributed by atoms with Crippen molar-refractivity contribution in [2.24, 2.45) is 5.92 Å². The molecular weight excluding hydrogens is 220 g/mol. The monoisotopic (exact) mass is 244 g/mol. The highest BCUT2D eigenvalue weighted by molar-refractivity contribution is 5.59. The van der Waals surface area contributed by atoms with Crippen molar-refractivity contribution in [1.82, 2.24) is 5.32 Å². The first-order chi connectivity index (χ1) is 8.77. The van der Waals surface area contributed by atoms with Crippen molar-refractivity contribution in [3.05, 3.63) is 29.3 Å². The standard InChI is InChI=1S/C16H24N2/c1-12(2)15-7-4-10-18(15)16-6-3-5-13-8-9-17-11-14(13)16/h3,5-6,12,15,17H,4,7-11H2,1-2H3. The lowest BCUT2D eigenvalue weighted by molar-refractivity contribution is 0.490. The Hall–Kier alpha value is -1.02. The molecule has 1 atom stereocenters. The minimum absolute atomic E-state index is 0.735. The van der Waals surface area contributed by atoms with Gasteiger partial charge in [0.15, 0.2) is 0 Å². The van der Waals surface area contributed by atoms with Crippen LogP contribution in [0, 0.1) is 5.92 Å². The summed E-state index contributed by atoms with van der Waals surface area (Å²) in [4.78, 5) is 2.66. The van der Waals surface area contributed by atoms with Gasteiger partial charge in [0.2, 0.25) is 0 Å². The van der Waals surface area contributed by atoms with E-state index >= 15 is 0 Å². The van der Waals surface area contributed by atoms with Crippen LogP contribution in [-0.4, -0.2) is 19.1 Å². The molecule has 1 aromatic carbocycles. The predicted octanol–water partition coefficient (Wildman–Crippen LogP) is 2.96. The molecule has 98 valence electrons. The molecule has 2 heteroatoms. The highest BCUT2D eigenvalue weighted by atomic mass is 15.2. The van der Waals surface area contributed by atoms with Gasteiger partial charge in [-0.1, -0.05) is 26.0 Å². The number of benzene rings is 1. The van der Waals surface area contributed by atoms with Crippen LogP contribution in [0.2, 0.25) is 0 Å². The summed E-state index contributed by atoms with van der Waals surface area (Å²) in [6, 6.07) is 7.61. The van der Waals surface area contributed by atoms with E-state index in [4.69, 9.17) is 0 Å². The fourth-order valence-electron chi connectivity index (χ4n) is 3.55. The normalized spacial score (nSPS) is 23.5. The zero-order chi connectivity index (χ0) is 12.5. The third kappa shape index (κ3) is 2.03. The van der Waals surface area contributed by atoms with Gasteiger partial charge in [-0.25, -0.2) is 0 Å². The number of hydrogen-bond donors (Lipinski definition) is 1. The van der Waals surface area contributed by atoms with Crippen molar-refractivity contribution in [3.8, 4) is 0 Å². The maximum atomic E-state index is 3.52. The van der Waals surface area contributed by atoms with Gasteiger partial charge in [0.05, 0.1) is 0 Å². The number of rotatable bonds is 2. The Morgan fingerprint density at radius 2 is 2.22 bits per heavy atom. The summed E-state index contributed by atoms with van der Waals surface area (Å²) < 4.78 is 0. The van der Waals surface area contributed by atoms with E-state index in [0.717, 1.165) is 25.0 Å². The van der Waals surface area contributed by atoms with E-state index in [1.165, 1.54) is 31.5 Å². The molecule has 18 heavy (non-hydrogen) atoms. The molecule has 0 radical (unpaired) electrons. The number of hydrogen-bond acceptors (Lipinski definition) is 2. The van der Waals surface area contributed by atoms with Crippen molar-refractivity contribution in [2.45, 2.75) is 45.7 Å². The average Bonchev–Trinajstić information content (AvgIpc) is 2.87. The lowest BCUT2D eigenvalue weighted by atomic mass is 9.96. The highest BCUT2D eigenvalue weighted by Gasteiger charge is 2.29. The third-order valence-corrected chi connectivity index (χ3v) is 4.50. The van der Waals surface area contributed by atoms with E-state index in [2.05, 4.69) is 42.3 Å². The molecule has 2 aliphatic heterocycles. The van der Waals surface area contributed by atoms with Gasteiger partial charge < -0.3 is 10.2 Å². The van der Waals surface area contributed by atoms with Gasteiger partial charge in [-0.2, -0.15) is 0 Å². The second-order valence-corrected chi connectivity index (χ2v) is 5.99. The van der Waals surface area contributed by atoms with Gasteiger partial charge >= 0.3 is 0 Å². The second-order valence-electron chi connectivity index (χ2n) is 5.99. The topological polar surface area (TPSA) is 15.3 Å². The molecule has 3 rings (SSSR count). The molecule has 1 unspecified atom stereocenters. The fraction of sp³-hybridized carbons (Fsp3) is 0.625. The fourth-order valence-corrected chi connectivity index (χ4v) is 3.55. The van der Waals surface area contributed by atoms with Gasteiger partial charge in [-0.05, 0) is 48.9 Å². The molecule has 0 aliphatic carbocycles. The number of anilines is 1. The van der Waals surface area contributed by atoms with Crippen LogP contribution in [-0.2, 0) is 13.0 Å². The summed E-state index contributed by atoms with van der Waals surface area (Å²) in [5.41, 5.74) is 4.60. The predicted molar refractivity (Wildman–Crippen MR) is 77.1 cm³/mol. The highest BCUT2D eigenvalue weighted by Crippen LogP contribution is 2.34. The smallest absolute Gasteiger partial charge is 0.0417 e. The zero-order valence-corrected chi connectivity index (χ0v) is 11.6. The zero-order valence-electron chi connectivity index (χ0n) is 11.6. The van der Waals surface area contributed by atoms with E-state index in [1.807, 2.05) is 0 Å². The molecule has 0 amide bonds. The van der Waals surface area contributed by atoms with Crippen molar-refractivity contribution in [3.63, 3.8) is 0 Å². The molecule has 1 aromatic rings. The van der Waals surface area contributed by atoms with Gasteiger partial charge in [0.25, 0.3) is 0 Å². The van der Waals surface area contributed by atoms with Crippen LogP contribution in [0.15, 0.2) is 18.2 Å². The first-order valence-electron chi connectivity index (χ1n) is 7.35. The Balaban J connectivity index is 1.96. The Bertz CT molecular complexity index is 425. The van der Waals surface area contributed by atoms with Gasteiger partial charge in [-0.15, -0.1) is 0 Å². The van der Waals surface area contributed by atoms with Crippen molar-refractivity contribution in [2.75, 3.05) is 18.0 Å². The van der Waals surface area contributed by atoms with Crippen LogP contribution in [0.3, 0.4) is 0 Å². The summed E-state index contributed by atoms with van der Waals surface area (Å²) in [7, 11) is 0. The SMILES string of the molecule is CC(C)C1CCCN1c1cccc2c1CNCC2. The molecule has 2 nitrogen and oxygen atoms in total. The Kier molecular flexibility index (Phi) is 3.29. The van der Waals surface area contributed by atoms with Gasteiger partial charge in [0, 0.05) is 24.8 Å². The van der Waals surface area contributed by atoms with Crippen LogP contribution < -0.4 is 10.2 Å². The minimum atomic E-state index is 0.735. The van der Waals surface area contributed by atoms with Gasteiger partial charge in [0.1, 0.15) is 0 Å². The van der Waals surface area contributed by atoms with Crippen molar-refractivity contribution >= 4 is 5.69 Å². The molecule has 0 aromatic heterocycles. The number of nitrogens with one attached hydrogen (secondary N) is 1. The molecule has 0 saturated carbocycles. The van der Waals surface area contributed by atoms with E-state index in [-0.39, 0.29) is 0 Å². The van der Waals surface area contributed by atoms with Crippen LogP contribution in [0.1, 0.15) is 37.8 Å². The summed E-state index contributed by atoms with van der Waals surface area (Å²) in [6.45, 7) is 8.13. The molecule has 0 bridgehead atoms. The quantitative estimate of drug-likeness (QED) is 0.860. The van der Waals surface area contributed by atoms with E-state index in [1.54, 1.807) is 11.1 Å². The molecule has 1 saturated heterocycles. The number of fused-ring (bicyclic) bond motifs is 1. The van der Waals surface area contributed by atoms with E-state index < -0.39 is 0 Å². The summed E-state index contributed by atoms with van der Waals surface area (Å²) >= 11 is 0. The molecular formula is C16H24N2. The second kappa shape index (κ2) is 4.93. The minimum Gasteiger partial charge on any atom is -0.368 e. The molecule has 0 spiro atoms. The maximum absolute atomic E-state index is 3.52. The Morgan fingerprint density at radius 3 is 3.06 bits per heavy atom. The van der Waals surface area contributed by atoms with Gasteiger partial charge in [-0.3, -0.25) is 0 Å². The third-order valence-electron chi connectivity index (χ3n) is 4.50. The summed E-state index contributed by atoms with van der Waals surface area (Å²) in [5, 5.41) is 3.52. The average molecular weight is 244 g/mol. The maximum Gasteiger partial charge on any atom is 0.0417 e. The van der Waals surface area contributed by atoms with E-state index in [9.17, 15) is 0 Å². The van der Waals surface area contributed by atoms with Crippen LogP contribution in [0.4, 0.5) is 5.69 Å². The van der Waals surface area contributed by atoms with Crippen molar-refractivity contribution in [1.29, 1.82) is 0 Å². The molecule has 2 heterocycles. The van der Waals surface area contributed by atoms with Crippen molar-refractivity contribution < 1.29 is 0 Å². The van der Waals surface area contributed by atoms with Crippen LogP contribution >= 0.6 is 0 Å². The number of nitrogens with zero attached hydrogens (tertiary/aromatic N) is 1. The first kappa shape index (κ1) is 12.0. The largest absolute Gasteiger partial charge is 0.368 e.